The summed E-state index contributed by atoms with van der Waals surface area (Å²) in [5.74, 6) is 0.965. The minimum Gasteiger partial charge on any atom is -0.379 e. The van der Waals surface area contributed by atoms with E-state index in [1.165, 1.54) is 56.7 Å². The predicted octanol–water partition coefficient (Wildman–Crippen LogP) is 8.85. The van der Waals surface area contributed by atoms with Gasteiger partial charge in [-0.2, -0.15) is 0 Å². The summed E-state index contributed by atoms with van der Waals surface area (Å²) in [5.41, 5.74) is 3.02. The van der Waals surface area contributed by atoms with Crippen molar-refractivity contribution in [3.05, 3.63) is 108 Å². The quantitative estimate of drug-likeness (QED) is 0.0629. The van der Waals surface area contributed by atoms with Crippen molar-refractivity contribution in [2.45, 2.75) is 115 Å². The molecule has 2 aliphatic rings. The first-order chi connectivity index (χ1) is 28.2. The van der Waals surface area contributed by atoms with E-state index in [-0.39, 0.29) is 5.12 Å². The van der Waals surface area contributed by atoms with Crippen molar-refractivity contribution in [1.82, 2.24) is 0 Å². The summed E-state index contributed by atoms with van der Waals surface area (Å²) in [6, 6.07) is 30.1. The maximum atomic E-state index is 11.0. The number of unbranched alkanes of at least 4 members (excludes halogenated alkanes) is 8. The summed E-state index contributed by atoms with van der Waals surface area (Å²) >= 11 is 1.44. The normalized spacial score (nSPS) is 22.0. The number of fused-ring (bicyclic) bond motifs is 1. The fourth-order valence-electron chi connectivity index (χ4n) is 6.88. The third-order valence-electron chi connectivity index (χ3n) is 9.92. The number of hydrogen-bond acceptors (Lipinski definition) is 11. The van der Waals surface area contributed by atoms with E-state index in [9.17, 15) is 4.79 Å². The van der Waals surface area contributed by atoms with Gasteiger partial charge in [-0.3, -0.25) is 4.79 Å². The van der Waals surface area contributed by atoms with Gasteiger partial charge >= 0.3 is 0 Å². The summed E-state index contributed by atoms with van der Waals surface area (Å²) in [6.07, 6.45) is 7.85. The number of benzene rings is 3. The summed E-state index contributed by atoms with van der Waals surface area (Å²) in [6.45, 7) is 6.23. The molecule has 6 atom stereocenters. The van der Waals surface area contributed by atoms with Crippen LogP contribution in [0.5, 0.6) is 0 Å². The third-order valence-corrected chi connectivity index (χ3v) is 10.8. The Labute approximate surface area is 344 Å². The predicted molar refractivity (Wildman–Crippen MR) is 222 cm³/mol. The van der Waals surface area contributed by atoms with Crippen LogP contribution in [0.25, 0.3) is 0 Å². The molecule has 1 unspecified atom stereocenters. The molecular weight excluding hydrogens is 745 g/mol. The number of thioether (sulfide) groups is 1. The zero-order valence-corrected chi connectivity index (χ0v) is 34.6. The molecule has 3 aromatic rings. The van der Waals surface area contributed by atoms with Crippen LogP contribution in [0.15, 0.2) is 91.0 Å². The van der Waals surface area contributed by atoms with Crippen molar-refractivity contribution < 1.29 is 47.4 Å². The van der Waals surface area contributed by atoms with Crippen LogP contribution in [-0.2, 0) is 60.6 Å². The number of carbonyl (C=O) groups excluding carboxylic acids is 1. The summed E-state index contributed by atoms with van der Waals surface area (Å²) in [5, 5.41) is 0.227. The van der Waals surface area contributed by atoms with Gasteiger partial charge in [0.05, 0.1) is 59.5 Å². The monoisotopic (exact) mass is 808 g/mol. The van der Waals surface area contributed by atoms with Gasteiger partial charge in [0.15, 0.2) is 17.7 Å². The molecule has 0 amide bonds. The first kappa shape index (κ1) is 45.4. The second-order valence-corrected chi connectivity index (χ2v) is 15.7. The van der Waals surface area contributed by atoms with E-state index in [2.05, 4.69) is 0 Å². The van der Waals surface area contributed by atoms with Gasteiger partial charge in [-0.05, 0) is 24.0 Å². The van der Waals surface area contributed by atoms with E-state index in [1.807, 2.05) is 91.0 Å². The van der Waals surface area contributed by atoms with Gasteiger partial charge in [0.25, 0.3) is 0 Å². The average molecular weight is 809 g/mol. The SMILES string of the molecule is CC(=O)SCCCCCCCCCCCOCCOCCOCCO[C@@H]1O[C@@H]2COC(c3ccccc3)O[C@H]2[C@H](OCc2ccccc2)[C@@H]1OCc1ccccc1. The van der Waals surface area contributed by atoms with E-state index < -0.39 is 37.0 Å². The lowest BCUT2D eigenvalue weighted by Gasteiger charge is -2.49. The molecule has 0 aromatic heterocycles. The molecule has 2 saturated heterocycles. The molecule has 5 rings (SSSR count). The Bertz CT molecular complexity index is 1450. The van der Waals surface area contributed by atoms with Gasteiger partial charge in [0, 0.05) is 24.8 Å². The topological polar surface area (TPSA) is 100 Å². The highest BCUT2D eigenvalue weighted by atomic mass is 32.2. The van der Waals surface area contributed by atoms with Gasteiger partial charge < -0.3 is 42.6 Å². The molecule has 0 radical (unpaired) electrons. The molecule has 3 aromatic carbocycles. The number of ether oxygens (including phenoxy) is 9. The lowest BCUT2D eigenvalue weighted by molar-refractivity contribution is -0.373. The smallest absolute Gasteiger partial charge is 0.187 e. The van der Waals surface area contributed by atoms with Crippen molar-refractivity contribution in [3.63, 3.8) is 0 Å². The zero-order valence-electron chi connectivity index (χ0n) is 33.8. The van der Waals surface area contributed by atoms with E-state index in [4.69, 9.17) is 42.6 Å². The van der Waals surface area contributed by atoms with Crippen LogP contribution in [0.4, 0.5) is 0 Å². The fourth-order valence-corrected chi connectivity index (χ4v) is 7.52. The van der Waals surface area contributed by atoms with Gasteiger partial charge in [-0.25, -0.2) is 0 Å². The molecule has 0 saturated carbocycles. The second kappa shape index (κ2) is 27.9. The molecule has 0 bridgehead atoms. The van der Waals surface area contributed by atoms with Crippen LogP contribution >= 0.6 is 11.8 Å². The van der Waals surface area contributed by atoms with Gasteiger partial charge in [-0.15, -0.1) is 0 Å². The van der Waals surface area contributed by atoms with Crippen molar-refractivity contribution in [3.8, 4) is 0 Å². The Morgan fingerprint density at radius 3 is 1.68 bits per heavy atom. The summed E-state index contributed by atoms with van der Waals surface area (Å²) in [4.78, 5) is 11.0. The average Bonchev–Trinajstić information content (AvgIpc) is 3.24. The van der Waals surface area contributed by atoms with E-state index in [1.54, 1.807) is 6.92 Å². The Morgan fingerprint density at radius 2 is 1.09 bits per heavy atom. The third kappa shape index (κ3) is 17.6. The summed E-state index contributed by atoms with van der Waals surface area (Å²) in [7, 11) is 0. The van der Waals surface area contributed by atoms with E-state index >= 15 is 0 Å². The molecule has 0 aliphatic carbocycles. The number of hydrogen-bond donors (Lipinski definition) is 0. The largest absolute Gasteiger partial charge is 0.379 e. The van der Waals surface area contributed by atoms with Crippen LogP contribution in [0, 0.1) is 0 Å². The van der Waals surface area contributed by atoms with Crippen molar-refractivity contribution in [2.75, 3.05) is 58.6 Å². The summed E-state index contributed by atoms with van der Waals surface area (Å²) < 4.78 is 56.2. The highest BCUT2D eigenvalue weighted by Crippen LogP contribution is 2.37. The van der Waals surface area contributed by atoms with E-state index in [0.717, 1.165) is 41.9 Å². The van der Waals surface area contributed by atoms with Crippen LogP contribution in [0.2, 0.25) is 0 Å². The standard InChI is InChI=1S/C46H64O10S/c1-37(47)57-33-19-8-6-4-2-3-5-7-18-26-48-27-28-49-29-30-50-31-32-51-46-44(53-35-39-22-14-10-15-23-39)43(52-34-38-20-12-9-13-21-38)42-41(55-46)36-54-45(56-42)40-24-16-11-17-25-40/h9-17,20-25,41-46H,2-8,18-19,26-36H2,1H3/t41-,42-,43+,44+,45?,46-/m1/s1. The molecule has 2 heterocycles. The van der Waals surface area contributed by atoms with Gasteiger partial charge in [-0.1, -0.05) is 148 Å². The maximum Gasteiger partial charge on any atom is 0.187 e. The van der Waals surface area contributed by atoms with Crippen LogP contribution in [0.3, 0.4) is 0 Å². The molecule has 2 aliphatic heterocycles. The first-order valence-electron chi connectivity index (χ1n) is 20.9. The Kier molecular flexibility index (Phi) is 22.2. The minimum absolute atomic E-state index is 0.227. The van der Waals surface area contributed by atoms with Gasteiger partial charge in [0.2, 0.25) is 0 Å². The lowest BCUT2D eigenvalue weighted by Crippen LogP contribution is -2.63. The van der Waals surface area contributed by atoms with Gasteiger partial charge in [0.1, 0.15) is 24.4 Å². The van der Waals surface area contributed by atoms with Crippen LogP contribution in [0.1, 0.15) is 87.7 Å². The van der Waals surface area contributed by atoms with Crippen molar-refractivity contribution in [2.24, 2.45) is 0 Å². The molecule has 0 N–H and O–H groups in total. The van der Waals surface area contributed by atoms with Crippen LogP contribution in [-0.4, -0.2) is 94.4 Å². The highest BCUT2D eigenvalue weighted by Gasteiger charge is 2.52. The number of rotatable bonds is 29. The fraction of sp³-hybridized carbons (Fsp3) is 0.587. The minimum atomic E-state index is -0.729. The highest BCUT2D eigenvalue weighted by molar-refractivity contribution is 8.13. The Hall–Kier alpha value is -2.68. The number of carbonyl (C=O) groups is 1. The Morgan fingerprint density at radius 1 is 0.579 bits per heavy atom. The molecule has 0 spiro atoms. The molecule has 2 fully saturated rings. The molecule has 11 heteroatoms. The molecule has 57 heavy (non-hydrogen) atoms. The van der Waals surface area contributed by atoms with Crippen molar-refractivity contribution >= 4 is 16.9 Å². The van der Waals surface area contributed by atoms with Crippen LogP contribution < -0.4 is 0 Å². The molecule has 10 nitrogen and oxygen atoms in total. The molecule has 314 valence electrons. The lowest BCUT2D eigenvalue weighted by atomic mass is 9.97. The molecular formula is C46H64O10S. The maximum absolute atomic E-state index is 11.0. The van der Waals surface area contributed by atoms with E-state index in [0.29, 0.717) is 59.5 Å². The zero-order chi connectivity index (χ0) is 39.6. The Balaban J connectivity index is 0.987. The van der Waals surface area contributed by atoms with Crippen molar-refractivity contribution in [1.29, 1.82) is 0 Å². The second-order valence-electron chi connectivity index (χ2n) is 14.5. The first-order valence-corrected chi connectivity index (χ1v) is 21.9.